The highest BCUT2D eigenvalue weighted by molar-refractivity contribution is 7.91. The first-order chi connectivity index (χ1) is 10.1. The molecular weight excluding hydrogens is 288 g/mol. The van der Waals surface area contributed by atoms with E-state index in [1.54, 1.807) is 0 Å². The monoisotopic (exact) mass is 310 g/mol. The summed E-state index contributed by atoms with van der Waals surface area (Å²) < 4.78 is 22.6. The Morgan fingerprint density at radius 3 is 2.62 bits per heavy atom. The van der Waals surface area contributed by atoms with Gasteiger partial charge in [-0.25, -0.2) is 8.42 Å². The number of rotatable bonds is 7. The summed E-state index contributed by atoms with van der Waals surface area (Å²) in [5.74, 6) is 0.192. The van der Waals surface area contributed by atoms with E-state index < -0.39 is 9.84 Å². The molecule has 116 valence electrons. The Morgan fingerprint density at radius 2 is 1.95 bits per heavy atom. The highest BCUT2D eigenvalue weighted by Crippen LogP contribution is 2.11. The third kappa shape index (κ3) is 5.85. The van der Waals surface area contributed by atoms with Crippen LogP contribution in [0.15, 0.2) is 30.3 Å². The van der Waals surface area contributed by atoms with Crippen molar-refractivity contribution in [2.24, 2.45) is 0 Å². The number of carbonyl (C=O) groups is 1. The molecule has 0 bridgehead atoms. The zero-order valence-corrected chi connectivity index (χ0v) is 12.9. The van der Waals surface area contributed by atoms with Crippen LogP contribution < -0.4 is 10.6 Å². The average Bonchev–Trinajstić information content (AvgIpc) is 2.78. The maximum absolute atomic E-state index is 11.7. The number of carbonyl (C=O) groups excluding carboxylic acids is 1. The van der Waals surface area contributed by atoms with Crippen molar-refractivity contribution in [2.75, 3.05) is 24.6 Å². The fraction of sp³-hybridized carbons (Fsp3) is 0.533. The molecule has 1 aromatic rings. The standard InChI is InChI=1S/C15H22N2O3S/c18-15(17-14-8-11-21(19,20)12-14)7-10-16-9-6-13-4-2-1-3-5-13/h1-5,14,16H,6-12H2,(H,17,18). The van der Waals surface area contributed by atoms with E-state index in [2.05, 4.69) is 22.8 Å². The van der Waals surface area contributed by atoms with Gasteiger partial charge < -0.3 is 10.6 Å². The molecular formula is C15H22N2O3S. The van der Waals surface area contributed by atoms with E-state index in [1.807, 2.05) is 18.2 Å². The Balaban J connectivity index is 1.55. The average molecular weight is 310 g/mol. The lowest BCUT2D eigenvalue weighted by Gasteiger charge is -2.11. The lowest BCUT2D eigenvalue weighted by molar-refractivity contribution is -0.121. The van der Waals surface area contributed by atoms with Gasteiger partial charge in [0.05, 0.1) is 11.5 Å². The van der Waals surface area contributed by atoms with Crippen LogP contribution >= 0.6 is 0 Å². The zero-order valence-electron chi connectivity index (χ0n) is 12.0. The Kier molecular flexibility index (Phi) is 5.76. The molecule has 21 heavy (non-hydrogen) atoms. The molecule has 1 amide bonds. The van der Waals surface area contributed by atoms with Gasteiger partial charge in [0.25, 0.3) is 0 Å². The fourth-order valence-electron chi connectivity index (χ4n) is 2.41. The van der Waals surface area contributed by atoms with Crippen LogP contribution in [0, 0.1) is 0 Å². The van der Waals surface area contributed by atoms with E-state index in [4.69, 9.17) is 0 Å². The number of hydrogen-bond acceptors (Lipinski definition) is 4. The molecule has 0 spiro atoms. The summed E-state index contributed by atoms with van der Waals surface area (Å²) in [5, 5.41) is 6.01. The smallest absolute Gasteiger partial charge is 0.221 e. The first kappa shape index (κ1) is 16.0. The lowest BCUT2D eigenvalue weighted by atomic mass is 10.1. The molecule has 1 aliphatic rings. The van der Waals surface area contributed by atoms with Gasteiger partial charge in [-0.2, -0.15) is 0 Å². The number of sulfone groups is 1. The minimum absolute atomic E-state index is 0.0793. The Bertz CT molecular complexity index is 558. The predicted molar refractivity (Wildman–Crippen MR) is 82.8 cm³/mol. The molecule has 1 aliphatic heterocycles. The number of nitrogens with one attached hydrogen (secondary N) is 2. The van der Waals surface area contributed by atoms with Crippen LogP contribution in [0.4, 0.5) is 0 Å². The van der Waals surface area contributed by atoms with Crippen molar-refractivity contribution < 1.29 is 13.2 Å². The van der Waals surface area contributed by atoms with Crippen LogP contribution in [0.2, 0.25) is 0 Å². The van der Waals surface area contributed by atoms with Gasteiger partial charge in [0.1, 0.15) is 0 Å². The molecule has 1 fully saturated rings. The van der Waals surface area contributed by atoms with Crippen LogP contribution in [0.1, 0.15) is 18.4 Å². The summed E-state index contributed by atoms with van der Waals surface area (Å²) in [4.78, 5) is 11.7. The molecule has 2 N–H and O–H groups in total. The highest BCUT2D eigenvalue weighted by atomic mass is 32.2. The maximum Gasteiger partial charge on any atom is 0.221 e. The van der Waals surface area contributed by atoms with E-state index in [9.17, 15) is 13.2 Å². The van der Waals surface area contributed by atoms with Gasteiger partial charge in [0, 0.05) is 19.0 Å². The van der Waals surface area contributed by atoms with Gasteiger partial charge in [-0.3, -0.25) is 4.79 Å². The molecule has 6 heteroatoms. The Morgan fingerprint density at radius 1 is 1.19 bits per heavy atom. The van der Waals surface area contributed by atoms with Crippen LogP contribution in [-0.2, 0) is 21.1 Å². The summed E-state index contributed by atoms with van der Waals surface area (Å²) in [6.45, 7) is 1.44. The highest BCUT2D eigenvalue weighted by Gasteiger charge is 2.28. The normalized spacial score (nSPS) is 20.3. The zero-order chi connectivity index (χ0) is 15.1. The summed E-state index contributed by atoms with van der Waals surface area (Å²) in [5.41, 5.74) is 1.27. The predicted octanol–water partition coefficient (Wildman–Crippen LogP) is 0.512. The first-order valence-electron chi connectivity index (χ1n) is 7.29. The number of amides is 1. The maximum atomic E-state index is 11.7. The van der Waals surface area contributed by atoms with Gasteiger partial charge in [-0.05, 0) is 24.9 Å². The third-order valence-electron chi connectivity index (χ3n) is 3.56. The molecule has 0 aromatic heterocycles. The molecule has 2 rings (SSSR count). The van der Waals surface area contributed by atoms with Gasteiger partial charge in [0.2, 0.25) is 5.91 Å². The molecule has 1 atom stereocenters. The molecule has 0 radical (unpaired) electrons. The largest absolute Gasteiger partial charge is 0.352 e. The molecule has 0 aliphatic carbocycles. The van der Waals surface area contributed by atoms with Gasteiger partial charge in [-0.1, -0.05) is 30.3 Å². The Labute approximate surface area is 126 Å². The van der Waals surface area contributed by atoms with E-state index in [1.165, 1.54) is 5.56 Å². The topological polar surface area (TPSA) is 75.3 Å². The molecule has 0 saturated carbocycles. The second-order valence-corrected chi connectivity index (χ2v) is 7.63. The van der Waals surface area contributed by atoms with Crippen molar-refractivity contribution in [3.63, 3.8) is 0 Å². The van der Waals surface area contributed by atoms with Crippen LogP contribution in [0.25, 0.3) is 0 Å². The van der Waals surface area contributed by atoms with Gasteiger partial charge in [-0.15, -0.1) is 0 Å². The SMILES string of the molecule is O=C(CCNCCc1ccccc1)NC1CCS(=O)(=O)C1. The van der Waals surface area contributed by atoms with Crippen molar-refractivity contribution in [1.82, 2.24) is 10.6 Å². The van der Waals surface area contributed by atoms with Crippen molar-refractivity contribution >= 4 is 15.7 Å². The second kappa shape index (κ2) is 7.56. The first-order valence-corrected chi connectivity index (χ1v) is 9.12. The van der Waals surface area contributed by atoms with E-state index in [0.29, 0.717) is 19.4 Å². The minimum Gasteiger partial charge on any atom is -0.352 e. The van der Waals surface area contributed by atoms with E-state index >= 15 is 0 Å². The van der Waals surface area contributed by atoms with Crippen molar-refractivity contribution in [1.29, 1.82) is 0 Å². The lowest BCUT2D eigenvalue weighted by Crippen LogP contribution is -2.37. The fourth-order valence-corrected chi connectivity index (χ4v) is 4.09. The van der Waals surface area contributed by atoms with Crippen LogP contribution in [0.3, 0.4) is 0 Å². The minimum atomic E-state index is -2.93. The Hall–Kier alpha value is -1.40. The molecule has 1 unspecified atom stereocenters. The summed E-state index contributed by atoms with van der Waals surface area (Å²) in [6, 6.07) is 9.97. The van der Waals surface area contributed by atoms with Crippen molar-refractivity contribution in [2.45, 2.75) is 25.3 Å². The summed E-state index contributed by atoms with van der Waals surface area (Å²) in [7, 11) is -2.93. The quantitative estimate of drug-likeness (QED) is 0.720. The van der Waals surface area contributed by atoms with Crippen molar-refractivity contribution in [3.8, 4) is 0 Å². The molecule has 1 saturated heterocycles. The molecule has 1 heterocycles. The molecule has 1 aromatic carbocycles. The number of hydrogen-bond donors (Lipinski definition) is 2. The van der Waals surface area contributed by atoms with Crippen LogP contribution in [-0.4, -0.2) is 45.0 Å². The van der Waals surface area contributed by atoms with E-state index in [0.717, 1.165) is 13.0 Å². The van der Waals surface area contributed by atoms with E-state index in [-0.39, 0.29) is 23.5 Å². The molecule has 5 nitrogen and oxygen atoms in total. The summed E-state index contributed by atoms with van der Waals surface area (Å²) >= 11 is 0. The number of benzene rings is 1. The van der Waals surface area contributed by atoms with Gasteiger partial charge >= 0.3 is 0 Å². The second-order valence-electron chi connectivity index (χ2n) is 5.40. The summed E-state index contributed by atoms with van der Waals surface area (Å²) in [6.07, 6.45) is 1.85. The van der Waals surface area contributed by atoms with Gasteiger partial charge in [0.15, 0.2) is 9.84 Å². The third-order valence-corrected chi connectivity index (χ3v) is 5.33. The van der Waals surface area contributed by atoms with Crippen LogP contribution in [0.5, 0.6) is 0 Å². The van der Waals surface area contributed by atoms with Crippen molar-refractivity contribution in [3.05, 3.63) is 35.9 Å².